The van der Waals surface area contributed by atoms with E-state index in [0.29, 0.717) is 17.8 Å². The summed E-state index contributed by atoms with van der Waals surface area (Å²) in [4.78, 5) is 9.52. The SMILES string of the molecule is CCCC[C@H]1CC[C@H](c2cnc([C@H]3CC[C@H](/C=C/Cl)CC3)nc2)CC1. The van der Waals surface area contributed by atoms with Gasteiger partial charge in [-0.05, 0) is 74.7 Å². The van der Waals surface area contributed by atoms with Crippen molar-refractivity contribution >= 4 is 11.6 Å². The highest BCUT2D eigenvalue weighted by molar-refractivity contribution is 6.25. The van der Waals surface area contributed by atoms with Crippen LogP contribution in [0.25, 0.3) is 0 Å². The van der Waals surface area contributed by atoms with Gasteiger partial charge in [-0.1, -0.05) is 43.9 Å². The van der Waals surface area contributed by atoms with Gasteiger partial charge < -0.3 is 0 Å². The zero-order valence-corrected chi connectivity index (χ0v) is 16.4. The van der Waals surface area contributed by atoms with Gasteiger partial charge in [0, 0.05) is 23.8 Å². The first kappa shape index (κ1) is 18.9. The lowest BCUT2D eigenvalue weighted by Gasteiger charge is -2.29. The summed E-state index contributed by atoms with van der Waals surface area (Å²) < 4.78 is 0. The first-order valence-electron chi connectivity index (χ1n) is 10.4. The molecule has 1 aromatic heterocycles. The molecule has 0 N–H and O–H groups in total. The van der Waals surface area contributed by atoms with Crippen LogP contribution in [0.3, 0.4) is 0 Å². The molecular formula is C22H33ClN2. The molecule has 2 aliphatic carbocycles. The van der Waals surface area contributed by atoms with Crippen molar-refractivity contribution in [3.8, 4) is 0 Å². The van der Waals surface area contributed by atoms with Gasteiger partial charge in [-0.3, -0.25) is 0 Å². The van der Waals surface area contributed by atoms with Gasteiger partial charge in [0.2, 0.25) is 0 Å². The summed E-state index contributed by atoms with van der Waals surface area (Å²) in [6, 6.07) is 0. The Morgan fingerprint density at radius 3 is 2.20 bits per heavy atom. The molecule has 3 heteroatoms. The molecule has 25 heavy (non-hydrogen) atoms. The van der Waals surface area contributed by atoms with Crippen LogP contribution in [0.2, 0.25) is 0 Å². The minimum absolute atomic E-state index is 0.541. The summed E-state index contributed by atoms with van der Waals surface area (Å²) in [7, 11) is 0. The van der Waals surface area contributed by atoms with E-state index >= 15 is 0 Å². The Labute approximate surface area is 158 Å². The van der Waals surface area contributed by atoms with Crippen molar-refractivity contribution in [3.05, 3.63) is 35.4 Å². The molecule has 0 spiro atoms. The molecule has 0 unspecified atom stereocenters. The number of unbranched alkanes of at least 4 members (excludes halogenated alkanes) is 1. The molecule has 2 saturated carbocycles. The van der Waals surface area contributed by atoms with E-state index in [-0.39, 0.29) is 0 Å². The molecule has 0 amide bonds. The molecule has 1 heterocycles. The van der Waals surface area contributed by atoms with Gasteiger partial charge in [-0.15, -0.1) is 0 Å². The van der Waals surface area contributed by atoms with Crippen molar-refractivity contribution in [2.24, 2.45) is 11.8 Å². The van der Waals surface area contributed by atoms with Crippen LogP contribution in [0.1, 0.15) is 101 Å². The van der Waals surface area contributed by atoms with Gasteiger partial charge in [-0.2, -0.15) is 0 Å². The molecular weight excluding hydrogens is 328 g/mol. The lowest BCUT2D eigenvalue weighted by atomic mass is 9.77. The molecule has 0 saturated heterocycles. The topological polar surface area (TPSA) is 25.8 Å². The average Bonchev–Trinajstić information content (AvgIpc) is 2.68. The standard InChI is InChI=1S/C22H33ClN2/c1-2-3-4-17-5-9-19(10-6-17)21-15-24-22(25-16-21)20-11-7-18(8-12-20)13-14-23/h13-20H,2-12H2,1H3/b14-13+/t17-,18-,19-,20-. The fraction of sp³-hybridized carbons (Fsp3) is 0.727. The van der Waals surface area contributed by atoms with Crippen molar-refractivity contribution in [1.29, 1.82) is 0 Å². The molecule has 0 aliphatic heterocycles. The normalized spacial score (nSPS) is 30.6. The van der Waals surface area contributed by atoms with Crippen molar-refractivity contribution < 1.29 is 0 Å². The summed E-state index contributed by atoms with van der Waals surface area (Å²) in [6.07, 6.45) is 20.8. The largest absolute Gasteiger partial charge is 0.241 e. The minimum Gasteiger partial charge on any atom is -0.241 e. The maximum atomic E-state index is 5.71. The highest BCUT2D eigenvalue weighted by atomic mass is 35.5. The summed E-state index contributed by atoms with van der Waals surface area (Å²) in [6.45, 7) is 2.30. The molecule has 0 radical (unpaired) electrons. The molecule has 0 atom stereocenters. The molecule has 2 fully saturated rings. The van der Waals surface area contributed by atoms with E-state index < -0.39 is 0 Å². The van der Waals surface area contributed by atoms with Crippen LogP contribution in [-0.4, -0.2) is 9.97 Å². The molecule has 2 nitrogen and oxygen atoms in total. The van der Waals surface area contributed by atoms with Gasteiger partial charge in [0.25, 0.3) is 0 Å². The maximum absolute atomic E-state index is 5.71. The van der Waals surface area contributed by atoms with Crippen LogP contribution in [0.15, 0.2) is 24.0 Å². The molecule has 3 rings (SSSR count). The van der Waals surface area contributed by atoms with Crippen LogP contribution in [0.5, 0.6) is 0 Å². The number of aromatic nitrogens is 2. The van der Waals surface area contributed by atoms with Crippen molar-refractivity contribution in [2.75, 3.05) is 0 Å². The third-order valence-corrected chi connectivity index (χ3v) is 6.60. The summed E-state index contributed by atoms with van der Waals surface area (Å²) in [5.74, 6) is 3.91. The number of hydrogen-bond donors (Lipinski definition) is 0. The van der Waals surface area contributed by atoms with Crippen molar-refractivity contribution in [3.63, 3.8) is 0 Å². The van der Waals surface area contributed by atoms with E-state index in [2.05, 4.69) is 25.4 Å². The number of hydrogen-bond acceptors (Lipinski definition) is 2. The van der Waals surface area contributed by atoms with Crippen molar-refractivity contribution in [2.45, 2.75) is 89.4 Å². The predicted molar refractivity (Wildman–Crippen MR) is 106 cm³/mol. The molecule has 1 aromatic rings. The number of allylic oxidation sites excluding steroid dienone is 1. The van der Waals surface area contributed by atoms with E-state index in [1.54, 1.807) is 5.54 Å². The summed E-state index contributed by atoms with van der Waals surface area (Å²) in [5.41, 5.74) is 3.05. The molecule has 2 aliphatic rings. The summed E-state index contributed by atoms with van der Waals surface area (Å²) in [5, 5.41) is 0. The third kappa shape index (κ3) is 5.29. The molecule has 138 valence electrons. The van der Waals surface area contributed by atoms with Crippen LogP contribution in [-0.2, 0) is 0 Å². The smallest absolute Gasteiger partial charge is 0.131 e. The van der Waals surface area contributed by atoms with E-state index in [9.17, 15) is 0 Å². The second-order valence-corrected chi connectivity index (χ2v) is 8.42. The fourth-order valence-corrected chi connectivity index (χ4v) is 4.93. The first-order chi connectivity index (χ1) is 12.3. The van der Waals surface area contributed by atoms with E-state index in [4.69, 9.17) is 21.6 Å². The quantitative estimate of drug-likeness (QED) is 0.547. The Bertz CT molecular complexity index is 523. The van der Waals surface area contributed by atoms with Gasteiger partial charge in [0.05, 0.1) is 0 Å². The van der Waals surface area contributed by atoms with Gasteiger partial charge in [0.15, 0.2) is 0 Å². The zero-order valence-electron chi connectivity index (χ0n) is 15.7. The van der Waals surface area contributed by atoms with Gasteiger partial charge in [0.1, 0.15) is 5.82 Å². The summed E-state index contributed by atoms with van der Waals surface area (Å²) >= 11 is 5.71. The second kappa shape index (κ2) is 9.71. The zero-order chi connectivity index (χ0) is 17.5. The van der Waals surface area contributed by atoms with Crippen LogP contribution in [0, 0.1) is 11.8 Å². The first-order valence-corrected chi connectivity index (χ1v) is 10.8. The Hall–Kier alpha value is -0.890. The highest BCUT2D eigenvalue weighted by Crippen LogP contribution is 2.38. The Morgan fingerprint density at radius 2 is 1.60 bits per heavy atom. The molecule has 0 aromatic carbocycles. The monoisotopic (exact) mass is 360 g/mol. The minimum atomic E-state index is 0.541. The Balaban J connectivity index is 1.50. The lowest BCUT2D eigenvalue weighted by molar-refractivity contribution is 0.303. The number of rotatable bonds is 6. The fourth-order valence-electron chi connectivity index (χ4n) is 4.72. The van der Waals surface area contributed by atoms with E-state index in [0.717, 1.165) is 11.7 Å². The highest BCUT2D eigenvalue weighted by Gasteiger charge is 2.25. The van der Waals surface area contributed by atoms with Crippen molar-refractivity contribution in [1.82, 2.24) is 9.97 Å². The second-order valence-electron chi connectivity index (χ2n) is 8.16. The Morgan fingerprint density at radius 1 is 0.960 bits per heavy atom. The van der Waals surface area contributed by atoms with Gasteiger partial charge >= 0.3 is 0 Å². The maximum Gasteiger partial charge on any atom is 0.131 e. The molecule has 0 bridgehead atoms. The lowest BCUT2D eigenvalue weighted by Crippen LogP contribution is -2.16. The number of halogens is 1. The number of nitrogens with zero attached hydrogens (tertiary/aromatic N) is 2. The van der Waals surface area contributed by atoms with Crippen LogP contribution >= 0.6 is 11.6 Å². The van der Waals surface area contributed by atoms with Crippen LogP contribution in [0.4, 0.5) is 0 Å². The predicted octanol–water partition coefficient (Wildman–Crippen LogP) is 6.97. The average molecular weight is 361 g/mol. The van der Waals surface area contributed by atoms with Gasteiger partial charge in [-0.25, -0.2) is 9.97 Å². The Kier molecular flexibility index (Phi) is 7.34. The van der Waals surface area contributed by atoms with E-state index in [1.807, 2.05) is 0 Å². The van der Waals surface area contributed by atoms with E-state index in [1.165, 1.54) is 76.2 Å². The van der Waals surface area contributed by atoms with Crippen LogP contribution < -0.4 is 0 Å². The third-order valence-electron chi connectivity index (χ3n) is 6.46.